The Balaban J connectivity index is 1.64. The normalized spacial score (nSPS) is 10.8. The molecular formula is C21H17F3N4O2S. The van der Waals surface area contributed by atoms with Gasteiger partial charge in [-0.15, -0.1) is 0 Å². The van der Waals surface area contributed by atoms with E-state index in [0.717, 1.165) is 12.1 Å². The van der Waals surface area contributed by atoms with Crippen LogP contribution in [0.25, 0.3) is 0 Å². The van der Waals surface area contributed by atoms with Gasteiger partial charge >= 0.3 is 6.18 Å². The molecular weight excluding hydrogens is 429 g/mol. The summed E-state index contributed by atoms with van der Waals surface area (Å²) in [6.45, 7) is 0. The molecule has 1 amide bonds. The Morgan fingerprint density at radius 3 is 2.29 bits per heavy atom. The number of thiocarbonyl (C=S) groups is 1. The van der Waals surface area contributed by atoms with Gasteiger partial charge in [-0.05, 0) is 48.6 Å². The molecule has 0 aliphatic heterocycles. The average Bonchev–Trinajstić information content (AvgIpc) is 2.73. The summed E-state index contributed by atoms with van der Waals surface area (Å²) in [6.07, 6.45) is -3.05. The summed E-state index contributed by atoms with van der Waals surface area (Å²) in [6, 6.07) is 14.7. The van der Waals surface area contributed by atoms with Crippen molar-refractivity contribution in [1.29, 1.82) is 0 Å². The Labute approximate surface area is 181 Å². The van der Waals surface area contributed by atoms with Crippen molar-refractivity contribution in [3.63, 3.8) is 0 Å². The number of carbonyl (C=O) groups excluding carboxylic acids is 1. The predicted octanol–water partition coefficient (Wildman–Crippen LogP) is 5.06. The van der Waals surface area contributed by atoms with Crippen LogP contribution in [0, 0.1) is 0 Å². The van der Waals surface area contributed by atoms with E-state index in [1.807, 2.05) is 0 Å². The number of benzene rings is 2. The minimum Gasteiger partial charge on any atom is -0.439 e. The van der Waals surface area contributed by atoms with Gasteiger partial charge in [0, 0.05) is 36.8 Å². The largest absolute Gasteiger partial charge is 0.439 e. The quantitative estimate of drug-likeness (QED) is 0.476. The third kappa shape index (κ3) is 6.16. The molecule has 10 heteroatoms. The molecule has 0 spiro atoms. The van der Waals surface area contributed by atoms with Crippen LogP contribution in [-0.2, 0) is 6.18 Å². The highest BCUT2D eigenvalue weighted by Gasteiger charge is 2.30. The molecule has 1 heterocycles. The highest BCUT2D eigenvalue weighted by molar-refractivity contribution is 7.80. The van der Waals surface area contributed by atoms with E-state index in [9.17, 15) is 18.0 Å². The van der Waals surface area contributed by atoms with Crippen LogP contribution in [0.15, 0.2) is 66.9 Å². The van der Waals surface area contributed by atoms with Crippen LogP contribution in [0.4, 0.5) is 24.5 Å². The highest BCUT2D eigenvalue weighted by Crippen LogP contribution is 2.30. The summed E-state index contributed by atoms with van der Waals surface area (Å²) in [5.74, 6) is 0.480. The first kappa shape index (κ1) is 22.0. The van der Waals surface area contributed by atoms with Crippen molar-refractivity contribution in [1.82, 2.24) is 10.3 Å². The number of rotatable bonds is 5. The summed E-state index contributed by atoms with van der Waals surface area (Å²) >= 11 is 5.18. The standard InChI is InChI=1S/C21H17F3N4O2S/c1-25-19(29)13-8-9-18(26-12-13)30-17-7-3-6-16(11-17)28-20(31)27-15-5-2-4-14(10-15)21(22,23)24/h2-12H,1H3,(H,25,29)(H2,27,28,31). The van der Waals surface area contributed by atoms with Crippen molar-refractivity contribution in [2.75, 3.05) is 17.7 Å². The summed E-state index contributed by atoms with van der Waals surface area (Å²) in [7, 11) is 1.53. The van der Waals surface area contributed by atoms with E-state index in [1.54, 1.807) is 36.4 Å². The van der Waals surface area contributed by atoms with Crippen LogP contribution >= 0.6 is 12.2 Å². The summed E-state index contributed by atoms with van der Waals surface area (Å²) < 4.78 is 44.2. The average molecular weight is 446 g/mol. The predicted molar refractivity (Wildman–Crippen MR) is 115 cm³/mol. The number of nitrogens with one attached hydrogen (secondary N) is 3. The molecule has 160 valence electrons. The molecule has 0 radical (unpaired) electrons. The lowest BCUT2D eigenvalue weighted by molar-refractivity contribution is -0.137. The highest BCUT2D eigenvalue weighted by atomic mass is 32.1. The molecule has 3 N–H and O–H groups in total. The van der Waals surface area contributed by atoms with Crippen molar-refractivity contribution in [3.8, 4) is 11.6 Å². The second-order valence-electron chi connectivity index (χ2n) is 6.25. The Kier molecular flexibility index (Phi) is 6.71. The van der Waals surface area contributed by atoms with Crippen LogP contribution in [-0.4, -0.2) is 23.1 Å². The van der Waals surface area contributed by atoms with E-state index in [2.05, 4.69) is 20.9 Å². The number of aromatic nitrogens is 1. The fourth-order valence-corrected chi connectivity index (χ4v) is 2.78. The second kappa shape index (κ2) is 9.43. The zero-order valence-electron chi connectivity index (χ0n) is 16.2. The van der Waals surface area contributed by atoms with Crippen molar-refractivity contribution in [3.05, 3.63) is 78.0 Å². The summed E-state index contributed by atoms with van der Waals surface area (Å²) in [5.41, 5.74) is 0.394. The lowest BCUT2D eigenvalue weighted by atomic mass is 10.2. The third-order valence-electron chi connectivity index (χ3n) is 3.99. The van der Waals surface area contributed by atoms with Gasteiger partial charge in [0.05, 0.1) is 11.1 Å². The number of pyridine rings is 1. The first-order valence-electron chi connectivity index (χ1n) is 8.96. The van der Waals surface area contributed by atoms with E-state index >= 15 is 0 Å². The number of hydrogen-bond acceptors (Lipinski definition) is 4. The van der Waals surface area contributed by atoms with E-state index in [1.165, 1.54) is 25.4 Å². The lowest BCUT2D eigenvalue weighted by Crippen LogP contribution is -2.19. The van der Waals surface area contributed by atoms with Gasteiger partial charge in [-0.2, -0.15) is 13.2 Å². The fourth-order valence-electron chi connectivity index (χ4n) is 2.54. The maximum absolute atomic E-state index is 12.8. The molecule has 0 aliphatic carbocycles. The molecule has 1 aromatic heterocycles. The van der Waals surface area contributed by atoms with Crippen molar-refractivity contribution in [2.24, 2.45) is 0 Å². The van der Waals surface area contributed by atoms with E-state index in [-0.39, 0.29) is 22.6 Å². The maximum atomic E-state index is 12.8. The van der Waals surface area contributed by atoms with E-state index in [0.29, 0.717) is 17.0 Å². The van der Waals surface area contributed by atoms with Gasteiger partial charge in [0.25, 0.3) is 5.91 Å². The Bertz CT molecular complexity index is 1090. The second-order valence-corrected chi connectivity index (χ2v) is 6.66. The topological polar surface area (TPSA) is 75.3 Å². The zero-order valence-corrected chi connectivity index (χ0v) is 17.0. The number of ether oxygens (including phenoxy) is 1. The smallest absolute Gasteiger partial charge is 0.416 e. The van der Waals surface area contributed by atoms with Gasteiger partial charge in [0.2, 0.25) is 5.88 Å². The first-order chi connectivity index (χ1) is 14.7. The lowest BCUT2D eigenvalue weighted by Gasteiger charge is -2.13. The summed E-state index contributed by atoms with van der Waals surface area (Å²) in [4.78, 5) is 15.6. The number of halogens is 3. The maximum Gasteiger partial charge on any atom is 0.416 e. The van der Waals surface area contributed by atoms with E-state index in [4.69, 9.17) is 17.0 Å². The van der Waals surface area contributed by atoms with Crippen molar-refractivity contribution < 1.29 is 22.7 Å². The molecule has 0 saturated carbocycles. The monoisotopic (exact) mass is 446 g/mol. The van der Waals surface area contributed by atoms with Gasteiger partial charge in [0.15, 0.2) is 5.11 Å². The van der Waals surface area contributed by atoms with Gasteiger partial charge in [-0.1, -0.05) is 12.1 Å². The minimum absolute atomic E-state index is 0.115. The Hall–Kier alpha value is -3.66. The van der Waals surface area contributed by atoms with Crippen molar-refractivity contribution in [2.45, 2.75) is 6.18 Å². The molecule has 0 unspecified atom stereocenters. The molecule has 31 heavy (non-hydrogen) atoms. The van der Waals surface area contributed by atoms with Crippen molar-refractivity contribution >= 4 is 34.6 Å². The number of amides is 1. The van der Waals surface area contributed by atoms with Crippen LogP contribution in [0.3, 0.4) is 0 Å². The van der Waals surface area contributed by atoms with Gasteiger partial charge < -0.3 is 20.7 Å². The number of hydrogen-bond donors (Lipinski definition) is 3. The zero-order chi connectivity index (χ0) is 22.4. The van der Waals surface area contributed by atoms with Crippen LogP contribution < -0.4 is 20.7 Å². The number of anilines is 2. The molecule has 3 rings (SSSR count). The number of alkyl halides is 3. The number of nitrogens with zero attached hydrogens (tertiary/aromatic N) is 1. The minimum atomic E-state index is -4.44. The molecule has 0 aliphatic rings. The molecule has 0 bridgehead atoms. The third-order valence-corrected chi connectivity index (χ3v) is 4.19. The number of carbonyl (C=O) groups is 1. The fraction of sp³-hybridized carbons (Fsp3) is 0.0952. The van der Waals surface area contributed by atoms with E-state index < -0.39 is 11.7 Å². The molecule has 0 atom stereocenters. The summed E-state index contributed by atoms with van der Waals surface area (Å²) in [5, 5.41) is 8.23. The molecule has 2 aromatic carbocycles. The molecule has 6 nitrogen and oxygen atoms in total. The van der Waals surface area contributed by atoms with Crippen LogP contribution in [0.1, 0.15) is 15.9 Å². The molecule has 0 saturated heterocycles. The van der Waals surface area contributed by atoms with Gasteiger partial charge in [-0.3, -0.25) is 4.79 Å². The molecule has 3 aromatic rings. The Morgan fingerprint density at radius 2 is 1.68 bits per heavy atom. The van der Waals surface area contributed by atoms with Crippen LogP contribution in [0.5, 0.6) is 11.6 Å². The first-order valence-corrected chi connectivity index (χ1v) is 9.37. The molecule has 0 fully saturated rings. The Morgan fingerprint density at radius 1 is 1.00 bits per heavy atom. The van der Waals surface area contributed by atoms with Crippen LogP contribution in [0.2, 0.25) is 0 Å². The SMILES string of the molecule is CNC(=O)c1ccc(Oc2cccc(NC(=S)Nc3cccc(C(F)(F)F)c3)c2)nc1. The van der Waals surface area contributed by atoms with Gasteiger partial charge in [-0.25, -0.2) is 4.98 Å². The van der Waals surface area contributed by atoms with Gasteiger partial charge in [0.1, 0.15) is 5.75 Å².